The number of halogens is 1. The molecule has 6 heteroatoms. The zero-order valence-corrected chi connectivity index (χ0v) is 11.7. The number of carboxylic acids is 1. The first-order valence-corrected chi connectivity index (χ1v) is 6.94. The minimum absolute atomic E-state index is 0.0152. The van der Waals surface area contributed by atoms with Crippen LogP contribution in [0.2, 0.25) is 5.02 Å². The lowest BCUT2D eigenvalue weighted by Crippen LogP contribution is -2.31. The molecule has 2 rings (SSSR count). The fourth-order valence-electron chi connectivity index (χ4n) is 2.62. The van der Waals surface area contributed by atoms with Gasteiger partial charge in [-0.05, 0) is 37.5 Å². The Morgan fingerprint density at radius 1 is 1.35 bits per heavy atom. The Balaban J connectivity index is 2.15. The van der Waals surface area contributed by atoms with Crippen molar-refractivity contribution in [2.75, 3.05) is 5.32 Å². The van der Waals surface area contributed by atoms with E-state index in [2.05, 4.69) is 5.32 Å². The van der Waals surface area contributed by atoms with Gasteiger partial charge in [-0.15, -0.1) is 0 Å². The highest BCUT2D eigenvalue weighted by molar-refractivity contribution is 6.31. The van der Waals surface area contributed by atoms with Gasteiger partial charge in [0.2, 0.25) is 0 Å². The van der Waals surface area contributed by atoms with E-state index in [-0.39, 0.29) is 12.0 Å². The van der Waals surface area contributed by atoms with Gasteiger partial charge >= 0.3 is 5.97 Å². The lowest BCUT2D eigenvalue weighted by atomic mass is 9.85. The van der Waals surface area contributed by atoms with Gasteiger partial charge in [0, 0.05) is 16.8 Å². The van der Waals surface area contributed by atoms with Crippen molar-refractivity contribution >= 4 is 29.2 Å². The molecular weight excluding hydrogens is 280 g/mol. The lowest BCUT2D eigenvalue weighted by molar-refractivity contribution is -0.142. The van der Waals surface area contributed by atoms with Gasteiger partial charge in [0.15, 0.2) is 0 Å². The second-order valence-corrected chi connectivity index (χ2v) is 5.53. The quantitative estimate of drug-likeness (QED) is 0.796. The summed E-state index contributed by atoms with van der Waals surface area (Å²) in [5.74, 6) is -1.63. The normalized spacial score (nSPS) is 22.2. The van der Waals surface area contributed by atoms with E-state index in [4.69, 9.17) is 22.4 Å². The molecule has 0 bridgehead atoms. The SMILES string of the molecule is NC(=O)c1ccc(Cl)cc1NC1CCCC(C(=O)O)C1. The molecule has 2 unspecified atom stereocenters. The number of amides is 1. The Labute approximate surface area is 122 Å². The number of carbonyl (C=O) groups excluding carboxylic acids is 1. The van der Waals surface area contributed by atoms with Crippen molar-refractivity contribution < 1.29 is 14.7 Å². The van der Waals surface area contributed by atoms with Gasteiger partial charge in [0.05, 0.1) is 11.5 Å². The molecule has 1 aromatic rings. The third-order valence-electron chi connectivity index (χ3n) is 3.63. The number of carboxylic acid groups (broad SMARTS) is 1. The monoisotopic (exact) mass is 296 g/mol. The number of nitrogens with one attached hydrogen (secondary N) is 1. The first kappa shape index (κ1) is 14.7. The standard InChI is InChI=1S/C14H17ClN2O3/c15-9-4-5-11(13(16)18)12(7-9)17-10-3-1-2-8(6-10)14(19)20/h4-5,7-8,10,17H,1-3,6H2,(H2,16,18)(H,19,20). The van der Waals surface area contributed by atoms with Gasteiger partial charge in [-0.1, -0.05) is 18.0 Å². The molecule has 20 heavy (non-hydrogen) atoms. The molecule has 0 radical (unpaired) electrons. The zero-order valence-electron chi connectivity index (χ0n) is 10.9. The first-order chi connectivity index (χ1) is 9.47. The number of aliphatic carboxylic acids is 1. The van der Waals surface area contributed by atoms with Crippen LogP contribution < -0.4 is 11.1 Å². The van der Waals surface area contributed by atoms with E-state index in [1.165, 1.54) is 0 Å². The number of rotatable bonds is 4. The number of primary amides is 1. The maximum Gasteiger partial charge on any atom is 0.306 e. The second-order valence-electron chi connectivity index (χ2n) is 5.10. The van der Waals surface area contributed by atoms with E-state index in [1.807, 2.05) is 0 Å². The van der Waals surface area contributed by atoms with Gasteiger partial charge in [0.1, 0.15) is 0 Å². The van der Waals surface area contributed by atoms with E-state index in [1.54, 1.807) is 18.2 Å². The van der Waals surface area contributed by atoms with Crippen molar-refractivity contribution in [1.29, 1.82) is 0 Å². The molecule has 0 spiro atoms. The number of hydrogen-bond donors (Lipinski definition) is 3. The molecular formula is C14H17ClN2O3. The summed E-state index contributed by atoms with van der Waals surface area (Å²) in [5, 5.41) is 12.8. The Bertz CT molecular complexity index is 533. The van der Waals surface area contributed by atoms with E-state index >= 15 is 0 Å². The molecule has 1 saturated carbocycles. The molecule has 2 atom stereocenters. The Hall–Kier alpha value is -1.75. The summed E-state index contributed by atoms with van der Waals surface area (Å²) < 4.78 is 0. The molecule has 0 aliphatic heterocycles. The number of carbonyl (C=O) groups is 2. The largest absolute Gasteiger partial charge is 0.481 e. The highest BCUT2D eigenvalue weighted by Crippen LogP contribution is 2.29. The Morgan fingerprint density at radius 3 is 2.75 bits per heavy atom. The molecule has 5 nitrogen and oxygen atoms in total. The summed E-state index contributed by atoms with van der Waals surface area (Å²) in [6.07, 6.45) is 2.96. The lowest BCUT2D eigenvalue weighted by Gasteiger charge is -2.28. The molecule has 0 aromatic heterocycles. The molecule has 1 aliphatic carbocycles. The van der Waals surface area contributed by atoms with Crippen molar-refractivity contribution in [2.24, 2.45) is 11.7 Å². The van der Waals surface area contributed by atoms with Crippen LogP contribution in [-0.2, 0) is 4.79 Å². The minimum atomic E-state index is -0.766. The number of nitrogens with two attached hydrogens (primary N) is 1. The fraction of sp³-hybridized carbons (Fsp3) is 0.429. The maximum absolute atomic E-state index is 11.4. The van der Waals surface area contributed by atoms with E-state index < -0.39 is 11.9 Å². The highest BCUT2D eigenvalue weighted by Gasteiger charge is 2.27. The molecule has 1 fully saturated rings. The maximum atomic E-state index is 11.4. The van der Waals surface area contributed by atoms with Crippen molar-refractivity contribution in [3.05, 3.63) is 28.8 Å². The number of benzene rings is 1. The van der Waals surface area contributed by atoms with Crippen LogP contribution in [0.3, 0.4) is 0 Å². The smallest absolute Gasteiger partial charge is 0.306 e. The molecule has 1 aromatic carbocycles. The molecule has 108 valence electrons. The predicted octanol–water partition coefficient (Wildman–Crippen LogP) is 2.49. The first-order valence-electron chi connectivity index (χ1n) is 6.56. The molecule has 1 aliphatic rings. The average molecular weight is 297 g/mol. The Morgan fingerprint density at radius 2 is 2.10 bits per heavy atom. The third-order valence-corrected chi connectivity index (χ3v) is 3.87. The van der Waals surface area contributed by atoms with E-state index in [0.29, 0.717) is 29.1 Å². The molecule has 0 heterocycles. The zero-order chi connectivity index (χ0) is 14.7. The summed E-state index contributed by atoms with van der Waals surface area (Å²) in [7, 11) is 0. The van der Waals surface area contributed by atoms with Crippen molar-refractivity contribution in [3.63, 3.8) is 0 Å². The van der Waals surface area contributed by atoms with Crippen LogP contribution in [0.25, 0.3) is 0 Å². The van der Waals surface area contributed by atoms with Crippen LogP contribution in [-0.4, -0.2) is 23.0 Å². The summed E-state index contributed by atoms with van der Waals surface area (Å²) in [5.41, 5.74) is 6.27. The second kappa shape index (κ2) is 6.13. The predicted molar refractivity (Wildman–Crippen MR) is 77.0 cm³/mol. The van der Waals surface area contributed by atoms with Crippen LogP contribution in [0, 0.1) is 5.92 Å². The van der Waals surface area contributed by atoms with E-state index in [0.717, 1.165) is 12.8 Å². The summed E-state index contributed by atoms with van der Waals surface area (Å²) in [6, 6.07) is 4.84. The van der Waals surface area contributed by atoms with Crippen LogP contribution in [0.4, 0.5) is 5.69 Å². The third kappa shape index (κ3) is 3.42. The fourth-order valence-corrected chi connectivity index (χ4v) is 2.79. The summed E-state index contributed by atoms with van der Waals surface area (Å²) in [4.78, 5) is 22.5. The number of hydrogen-bond acceptors (Lipinski definition) is 3. The van der Waals surface area contributed by atoms with Gasteiger partial charge in [-0.3, -0.25) is 9.59 Å². The van der Waals surface area contributed by atoms with Crippen molar-refractivity contribution in [1.82, 2.24) is 0 Å². The van der Waals surface area contributed by atoms with Crippen LogP contribution in [0.5, 0.6) is 0 Å². The molecule has 0 saturated heterocycles. The molecule has 4 N–H and O–H groups in total. The van der Waals surface area contributed by atoms with Crippen LogP contribution >= 0.6 is 11.6 Å². The number of anilines is 1. The topological polar surface area (TPSA) is 92.4 Å². The average Bonchev–Trinajstić information content (AvgIpc) is 2.38. The van der Waals surface area contributed by atoms with Gasteiger partial charge in [-0.25, -0.2) is 0 Å². The van der Waals surface area contributed by atoms with Crippen LogP contribution in [0.1, 0.15) is 36.0 Å². The van der Waals surface area contributed by atoms with E-state index in [9.17, 15) is 9.59 Å². The minimum Gasteiger partial charge on any atom is -0.481 e. The van der Waals surface area contributed by atoms with Crippen molar-refractivity contribution in [3.8, 4) is 0 Å². The summed E-state index contributed by atoms with van der Waals surface area (Å²) in [6.45, 7) is 0. The van der Waals surface area contributed by atoms with Gasteiger partial charge < -0.3 is 16.2 Å². The van der Waals surface area contributed by atoms with Gasteiger partial charge in [-0.2, -0.15) is 0 Å². The van der Waals surface area contributed by atoms with Crippen molar-refractivity contribution in [2.45, 2.75) is 31.7 Å². The Kier molecular flexibility index (Phi) is 4.49. The summed E-state index contributed by atoms with van der Waals surface area (Å²) >= 11 is 5.93. The highest BCUT2D eigenvalue weighted by atomic mass is 35.5. The molecule has 1 amide bonds. The van der Waals surface area contributed by atoms with Gasteiger partial charge in [0.25, 0.3) is 5.91 Å². The van der Waals surface area contributed by atoms with Crippen LogP contribution in [0.15, 0.2) is 18.2 Å².